The molecule has 2 aliphatic rings. The molecular formula is C18H29Cl2N3O. The summed E-state index contributed by atoms with van der Waals surface area (Å²) in [4.78, 5) is 17.0. The fourth-order valence-electron chi connectivity index (χ4n) is 3.77. The van der Waals surface area contributed by atoms with Gasteiger partial charge in [-0.05, 0) is 69.6 Å². The molecule has 0 radical (unpaired) electrons. The van der Waals surface area contributed by atoms with E-state index in [2.05, 4.69) is 41.3 Å². The van der Waals surface area contributed by atoms with Crippen LogP contribution in [-0.2, 0) is 6.54 Å². The van der Waals surface area contributed by atoms with Crippen LogP contribution in [0.5, 0.6) is 0 Å². The van der Waals surface area contributed by atoms with Crippen LogP contribution in [0, 0.1) is 11.8 Å². The molecule has 136 valence electrons. The summed E-state index contributed by atoms with van der Waals surface area (Å²) in [6, 6.07) is 8.10. The van der Waals surface area contributed by atoms with Crippen LogP contribution in [0.2, 0.25) is 0 Å². The van der Waals surface area contributed by atoms with Crippen molar-refractivity contribution in [1.82, 2.24) is 15.1 Å². The Morgan fingerprint density at radius 1 is 1.17 bits per heavy atom. The van der Waals surface area contributed by atoms with Gasteiger partial charge in [0.15, 0.2) is 0 Å². The molecular weight excluding hydrogens is 345 g/mol. The van der Waals surface area contributed by atoms with Crippen LogP contribution in [-0.4, -0.2) is 56.0 Å². The molecule has 2 fully saturated rings. The third kappa shape index (κ3) is 5.09. The maximum Gasteiger partial charge on any atom is 0.253 e. The molecule has 1 aromatic carbocycles. The highest BCUT2D eigenvalue weighted by atomic mass is 35.5. The number of nitrogens with zero attached hydrogens (tertiary/aromatic N) is 2. The molecule has 2 saturated heterocycles. The summed E-state index contributed by atoms with van der Waals surface area (Å²) in [5.41, 5.74) is 2.04. The number of rotatable bonds is 3. The summed E-state index contributed by atoms with van der Waals surface area (Å²) in [6.45, 7) is 4.94. The summed E-state index contributed by atoms with van der Waals surface area (Å²) in [7, 11) is 4.10. The molecule has 1 N–H and O–H groups in total. The van der Waals surface area contributed by atoms with Crippen molar-refractivity contribution < 1.29 is 4.79 Å². The zero-order chi connectivity index (χ0) is 15.5. The smallest absolute Gasteiger partial charge is 0.253 e. The van der Waals surface area contributed by atoms with Crippen molar-refractivity contribution >= 4 is 30.7 Å². The number of amides is 1. The van der Waals surface area contributed by atoms with Crippen molar-refractivity contribution in [3.05, 3.63) is 35.4 Å². The van der Waals surface area contributed by atoms with Crippen LogP contribution in [0.25, 0.3) is 0 Å². The maximum atomic E-state index is 12.8. The number of benzene rings is 1. The number of halogens is 2. The maximum absolute atomic E-state index is 12.8. The quantitative estimate of drug-likeness (QED) is 0.884. The fourth-order valence-corrected chi connectivity index (χ4v) is 3.77. The summed E-state index contributed by atoms with van der Waals surface area (Å²) >= 11 is 0. The second-order valence-corrected chi connectivity index (χ2v) is 6.99. The predicted octanol–water partition coefficient (Wildman–Crippen LogP) is 2.66. The number of nitrogens with one attached hydrogen (secondary N) is 1. The van der Waals surface area contributed by atoms with E-state index in [-0.39, 0.29) is 30.7 Å². The molecule has 0 aromatic heterocycles. The molecule has 3 rings (SSSR count). The van der Waals surface area contributed by atoms with Gasteiger partial charge in [0.05, 0.1) is 0 Å². The zero-order valence-corrected chi connectivity index (χ0v) is 16.2. The van der Waals surface area contributed by atoms with Crippen molar-refractivity contribution in [3.8, 4) is 0 Å². The Bertz CT molecular complexity index is 525. The SMILES string of the molecule is CN(C)Cc1cccc(C(=O)N2CC[C@@H]3CNC[C@@H]3CC2)c1.Cl.Cl. The van der Waals surface area contributed by atoms with Gasteiger partial charge in [-0.1, -0.05) is 12.1 Å². The van der Waals surface area contributed by atoms with Crippen molar-refractivity contribution in [2.75, 3.05) is 40.3 Å². The second kappa shape index (κ2) is 9.62. The Morgan fingerprint density at radius 3 is 2.38 bits per heavy atom. The van der Waals surface area contributed by atoms with Gasteiger partial charge in [0.2, 0.25) is 0 Å². The highest BCUT2D eigenvalue weighted by Crippen LogP contribution is 2.27. The van der Waals surface area contributed by atoms with E-state index < -0.39 is 0 Å². The van der Waals surface area contributed by atoms with Crippen molar-refractivity contribution in [2.45, 2.75) is 19.4 Å². The Kier molecular flexibility index (Phi) is 8.51. The van der Waals surface area contributed by atoms with Gasteiger partial charge in [-0.25, -0.2) is 0 Å². The lowest BCUT2D eigenvalue weighted by Crippen LogP contribution is -2.32. The Labute approximate surface area is 157 Å². The number of hydrogen-bond donors (Lipinski definition) is 1. The van der Waals surface area contributed by atoms with E-state index in [1.807, 2.05) is 12.1 Å². The van der Waals surface area contributed by atoms with E-state index in [0.29, 0.717) is 0 Å². The first-order valence-electron chi connectivity index (χ1n) is 8.37. The number of fused-ring (bicyclic) bond motifs is 1. The largest absolute Gasteiger partial charge is 0.339 e. The third-order valence-electron chi connectivity index (χ3n) is 4.98. The molecule has 1 aromatic rings. The van der Waals surface area contributed by atoms with Gasteiger partial charge in [0.25, 0.3) is 5.91 Å². The molecule has 6 heteroatoms. The van der Waals surface area contributed by atoms with Gasteiger partial charge in [-0.15, -0.1) is 24.8 Å². The van der Waals surface area contributed by atoms with E-state index in [0.717, 1.165) is 63.0 Å². The summed E-state index contributed by atoms with van der Waals surface area (Å²) in [6.07, 6.45) is 2.28. The molecule has 1 amide bonds. The van der Waals surface area contributed by atoms with Gasteiger partial charge in [0.1, 0.15) is 0 Å². The van der Waals surface area contributed by atoms with Crippen LogP contribution < -0.4 is 5.32 Å². The zero-order valence-electron chi connectivity index (χ0n) is 14.5. The van der Waals surface area contributed by atoms with Crippen LogP contribution in [0.15, 0.2) is 24.3 Å². The summed E-state index contributed by atoms with van der Waals surface area (Å²) in [5.74, 6) is 1.73. The normalized spacial score (nSPS) is 23.0. The number of carbonyl (C=O) groups is 1. The molecule has 24 heavy (non-hydrogen) atoms. The van der Waals surface area contributed by atoms with Crippen molar-refractivity contribution in [3.63, 3.8) is 0 Å². The predicted molar refractivity (Wildman–Crippen MR) is 103 cm³/mol. The number of carbonyl (C=O) groups excluding carboxylic acids is 1. The lowest BCUT2D eigenvalue weighted by molar-refractivity contribution is 0.0758. The van der Waals surface area contributed by atoms with E-state index in [4.69, 9.17) is 0 Å². The molecule has 0 aliphatic carbocycles. The minimum atomic E-state index is 0. The number of hydrogen-bond acceptors (Lipinski definition) is 3. The first-order valence-corrected chi connectivity index (χ1v) is 8.37. The van der Waals surface area contributed by atoms with Crippen molar-refractivity contribution in [1.29, 1.82) is 0 Å². The average molecular weight is 374 g/mol. The molecule has 0 bridgehead atoms. The Balaban J connectivity index is 0.00000144. The summed E-state index contributed by atoms with van der Waals surface area (Å²) in [5, 5.41) is 3.49. The first-order chi connectivity index (χ1) is 10.6. The van der Waals surface area contributed by atoms with Gasteiger partial charge < -0.3 is 15.1 Å². The van der Waals surface area contributed by atoms with E-state index in [1.54, 1.807) is 0 Å². The van der Waals surface area contributed by atoms with Crippen LogP contribution in [0.4, 0.5) is 0 Å². The minimum absolute atomic E-state index is 0. The fraction of sp³-hybridized carbons (Fsp3) is 0.611. The standard InChI is InChI=1S/C18H27N3O.2ClH/c1-20(2)13-14-4-3-5-15(10-14)18(22)21-8-6-16-11-19-12-17(16)7-9-21;;/h3-5,10,16-17,19H,6-9,11-13H2,1-2H3;2*1H/t16-,17+;;. The molecule has 0 saturated carbocycles. The lowest BCUT2D eigenvalue weighted by atomic mass is 9.92. The van der Waals surface area contributed by atoms with E-state index >= 15 is 0 Å². The van der Waals surface area contributed by atoms with E-state index in [1.165, 1.54) is 5.56 Å². The average Bonchev–Trinajstić information content (AvgIpc) is 2.85. The van der Waals surface area contributed by atoms with Gasteiger partial charge in [-0.3, -0.25) is 4.79 Å². The summed E-state index contributed by atoms with van der Waals surface area (Å²) < 4.78 is 0. The van der Waals surface area contributed by atoms with Gasteiger partial charge >= 0.3 is 0 Å². The molecule has 2 heterocycles. The Morgan fingerprint density at radius 2 is 1.79 bits per heavy atom. The van der Waals surface area contributed by atoms with Gasteiger partial charge in [-0.2, -0.15) is 0 Å². The highest BCUT2D eigenvalue weighted by Gasteiger charge is 2.31. The molecule has 2 atom stereocenters. The lowest BCUT2D eigenvalue weighted by Gasteiger charge is -2.21. The van der Waals surface area contributed by atoms with Crippen LogP contribution in [0.1, 0.15) is 28.8 Å². The van der Waals surface area contributed by atoms with E-state index in [9.17, 15) is 4.79 Å². The second-order valence-electron chi connectivity index (χ2n) is 6.99. The van der Waals surface area contributed by atoms with Crippen LogP contribution in [0.3, 0.4) is 0 Å². The molecule has 4 nitrogen and oxygen atoms in total. The monoisotopic (exact) mass is 373 g/mol. The van der Waals surface area contributed by atoms with Gasteiger partial charge in [0, 0.05) is 25.2 Å². The number of likely N-dealkylation sites (tertiary alicyclic amines) is 1. The minimum Gasteiger partial charge on any atom is -0.339 e. The Hall–Kier alpha value is -0.810. The van der Waals surface area contributed by atoms with Crippen molar-refractivity contribution in [2.24, 2.45) is 11.8 Å². The third-order valence-corrected chi connectivity index (χ3v) is 4.98. The molecule has 0 unspecified atom stereocenters. The van der Waals surface area contributed by atoms with Crippen LogP contribution >= 0.6 is 24.8 Å². The highest BCUT2D eigenvalue weighted by molar-refractivity contribution is 5.94. The topological polar surface area (TPSA) is 35.6 Å². The molecule has 2 aliphatic heterocycles. The molecule has 0 spiro atoms. The first kappa shape index (κ1) is 21.2.